The fourth-order valence-corrected chi connectivity index (χ4v) is 4.88. The van der Waals surface area contributed by atoms with Gasteiger partial charge in [-0.05, 0) is 38.2 Å². The fraction of sp³-hybridized carbons (Fsp3) is 0.500. The first kappa shape index (κ1) is 18.0. The van der Waals surface area contributed by atoms with E-state index in [0.717, 1.165) is 56.3 Å². The second-order valence-corrected chi connectivity index (χ2v) is 8.00. The Morgan fingerprint density at radius 1 is 1.19 bits per heavy atom. The van der Waals surface area contributed by atoms with Crippen molar-refractivity contribution in [3.63, 3.8) is 0 Å². The van der Waals surface area contributed by atoms with Crippen molar-refractivity contribution >= 4 is 5.91 Å². The fourth-order valence-electron chi connectivity index (χ4n) is 4.88. The van der Waals surface area contributed by atoms with Gasteiger partial charge in [0, 0.05) is 25.1 Å². The molecule has 142 valence electrons. The van der Waals surface area contributed by atoms with Crippen LogP contribution in [0.3, 0.4) is 0 Å². The van der Waals surface area contributed by atoms with E-state index in [1.165, 1.54) is 0 Å². The summed E-state index contributed by atoms with van der Waals surface area (Å²) < 4.78 is 0. The van der Waals surface area contributed by atoms with Crippen LogP contribution in [0.25, 0.3) is 0 Å². The molecule has 2 aromatic rings. The molecule has 2 fully saturated rings. The lowest BCUT2D eigenvalue weighted by molar-refractivity contribution is -0.138. The molecule has 1 atom stereocenters. The summed E-state index contributed by atoms with van der Waals surface area (Å²) in [6, 6.07) is 11.9. The molecule has 2 aliphatic rings. The Kier molecular flexibility index (Phi) is 4.85. The molecular formula is C22H27N3O2. The van der Waals surface area contributed by atoms with Crippen LogP contribution in [0, 0.1) is 6.92 Å². The molecule has 1 amide bonds. The van der Waals surface area contributed by atoms with Crippen molar-refractivity contribution < 1.29 is 4.79 Å². The third-order valence-corrected chi connectivity index (χ3v) is 6.20. The molecule has 1 saturated heterocycles. The third-order valence-electron chi connectivity index (χ3n) is 6.20. The zero-order valence-electron chi connectivity index (χ0n) is 15.9. The number of hydrogen-bond donors (Lipinski definition) is 1. The van der Waals surface area contributed by atoms with Crippen LogP contribution in [0.5, 0.6) is 0 Å². The second kappa shape index (κ2) is 7.29. The van der Waals surface area contributed by atoms with E-state index < -0.39 is 0 Å². The minimum Gasteiger partial charge on any atom is -0.341 e. The van der Waals surface area contributed by atoms with Crippen molar-refractivity contribution in [1.29, 1.82) is 0 Å². The first-order valence-corrected chi connectivity index (χ1v) is 10.0. The highest BCUT2D eigenvalue weighted by Crippen LogP contribution is 2.43. The lowest BCUT2D eigenvalue weighted by Gasteiger charge is -2.39. The van der Waals surface area contributed by atoms with Gasteiger partial charge in [-0.1, -0.05) is 43.2 Å². The number of aromatic amines is 1. The zero-order chi connectivity index (χ0) is 18.9. The van der Waals surface area contributed by atoms with Gasteiger partial charge in [0.25, 0.3) is 5.56 Å². The van der Waals surface area contributed by atoms with Crippen molar-refractivity contribution in [1.82, 2.24) is 14.9 Å². The van der Waals surface area contributed by atoms with Crippen molar-refractivity contribution in [2.45, 2.75) is 56.8 Å². The Bertz CT molecular complexity index is 869. The number of carbonyl (C=O) groups is 1. The van der Waals surface area contributed by atoms with Gasteiger partial charge < -0.3 is 9.88 Å². The summed E-state index contributed by atoms with van der Waals surface area (Å²) in [7, 11) is 0. The highest BCUT2D eigenvalue weighted by atomic mass is 16.2. The highest BCUT2D eigenvalue weighted by Gasteiger charge is 2.45. The second-order valence-electron chi connectivity index (χ2n) is 8.00. The van der Waals surface area contributed by atoms with Crippen LogP contribution < -0.4 is 5.56 Å². The topological polar surface area (TPSA) is 66.1 Å². The molecule has 1 saturated carbocycles. The molecule has 0 radical (unpaired) electrons. The lowest BCUT2D eigenvalue weighted by Crippen LogP contribution is -2.49. The Morgan fingerprint density at radius 3 is 2.63 bits per heavy atom. The number of hydrogen-bond acceptors (Lipinski definition) is 3. The van der Waals surface area contributed by atoms with Gasteiger partial charge in [0.15, 0.2) is 0 Å². The van der Waals surface area contributed by atoms with E-state index in [2.05, 4.69) is 22.1 Å². The summed E-state index contributed by atoms with van der Waals surface area (Å²) in [5.41, 5.74) is 1.48. The summed E-state index contributed by atoms with van der Waals surface area (Å²) in [5, 5.41) is 0. The Balaban J connectivity index is 1.60. The zero-order valence-corrected chi connectivity index (χ0v) is 15.9. The van der Waals surface area contributed by atoms with Crippen LogP contribution in [0.4, 0.5) is 0 Å². The lowest BCUT2D eigenvalue weighted by atomic mass is 9.77. The molecule has 1 aliphatic heterocycles. The number of carbonyl (C=O) groups excluding carboxylic acids is 1. The largest absolute Gasteiger partial charge is 0.341 e. The minimum atomic E-state index is -0.374. The predicted molar refractivity (Wildman–Crippen MR) is 105 cm³/mol. The monoisotopic (exact) mass is 365 g/mol. The molecule has 27 heavy (non-hydrogen) atoms. The maximum absolute atomic E-state index is 13.7. The molecule has 4 rings (SSSR count). The summed E-state index contributed by atoms with van der Waals surface area (Å²) >= 11 is 0. The number of rotatable bonds is 3. The van der Waals surface area contributed by atoms with E-state index in [4.69, 9.17) is 0 Å². The highest BCUT2D eigenvalue weighted by molar-refractivity contribution is 5.88. The van der Waals surface area contributed by atoms with E-state index in [1.54, 1.807) is 13.0 Å². The van der Waals surface area contributed by atoms with Gasteiger partial charge >= 0.3 is 0 Å². The molecule has 0 unspecified atom stereocenters. The minimum absolute atomic E-state index is 0.113. The van der Waals surface area contributed by atoms with Gasteiger partial charge in [-0.15, -0.1) is 0 Å². The normalized spacial score (nSPS) is 22.0. The van der Waals surface area contributed by atoms with Crippen LogP contribution in [-0.4, -0.2) is 33.9 Å². The number of benzene rings is 1. The van der Waals surface area contributed by atoms with Crippen molar-refractivity contribution in [2.24, 2.45) is 0 Å². The first-order chi connectivity index (χ1) is 13.1. The number of H-pyrrole nitrogens is 1. The maximum atomic E-state index is 13.7. The molecule has 0 bridgehead atoms. The van der Waals surface area contributed by atoms with Crippen molar-refractivity contribution in [2.75, 3.05) is 13.1 Å². The van der Waals surface area contributed by atoms with E-state index >= 15 is 0 Å². The quantitative estimate of drug-likeness (QED) is 0.908. The molecule has 5 nitrogen and oxygen atoms in total. The van der Waals surface area contributed by atoms with Crippen LogP contribution >= 0.6 is 0 Å². The van der Waals surface area contributed by atoms with E-state index in [9.17, 15) is 9.59 Å². The molecule has 2 heterocycles. The van der Waals surface area contributed by atoms with Crippen molar-refractivity contribution in [3.8, 4) is 0 Å². The molecular weight excluding hydrogens is 338 g/mol. The number of aromatic nitrogens is 2. The van der Waals surface area contributed by atoms with Gasteiger partial charge in [0.2, 0.25) is 5.91 Å². The van der Waals surface area contributed by atoms with E-state index in [0.29, 0.717) is 12.4 Å². The van der Waals surface area contributed by atoms with Crippen LogP contribution in [0.1, 0.15) is 61.5 Å². The number of likely N-dealkylation sites (tertiary alicyclic amines) is 1. The summed E-state index contributed by atoms with van der Waals surface area (Å²) in [6.07, 6.45) is 5.99. The number of aryl methyl sites for hydroxylation is 1. The Morgan fingerprint density at radius 2 is 1.93 bits per heavy atom. The molecule has 1 aromatic heterocycles. The van der Waals surface area contributed by atoms with Crippen LogP contribution in [0.15, 0.2) is 41.2 Å². The first-order valence-electron chi connectivity index (χ1n) is 10.0. The number of nitrogens with one attached hydrogen (secondary N) is 1. The summed E-state index contributed by atoms with van der Waals surface area (Å²) in [4.78, 5) is 34.8. The number of piperidine rings is 1. The van der Waals surface area contributed by atoms with Gasteiger partial charge in [0.1, 0.15) is 5.82 Å². The van der Waals surface area contributed by atoms with Gasteiger partial charge in [-0.3, -0.25) is 9.59 Å². The molecule has 1 N–H and O–H groups in total. The van der Waals surface area contributed by atoms with Gasteiger partial charge in [-0.2, -0.15) is 0 Å². The average Bonchev–Trinajstić information content (AvgIpc) is 3.18. The number of amides is 1. The molecule has 1 aromatic carbocycles. The maximum Gasteiger partial charge on any atom is 0.251 e. The predicted octanol–water partition coefficient (Wildman–Crippen LogP) is 3.30. The average molecular weight is 365 g/mol. The number of nitrogens with zero attached hydrogens (tertiary/aromatic N) is 2. The van der Waals surface area contributed by atoms with Crippen LogP contribution in [-0.2, 0) is 10.2 Å². The SMILES string of the molecule is Cc1nc([C@H]2CCCN(C(=O)C3(c4ccccc4)CCCC3)C2)cc(=O)[nH]1. The van der Waals surface area contributed by atoms with E-state index in [1.807, 2.05) is 23.1 Å². The Hall–Kier alpha value is -2.43. The molecule has 5 heteroatoms. The molecule has 0 spiro atoms. The van der Waals surface area contributed by atoms with Gasteiger partial charge in [0.05, 0.1) is 11.1 Å². The van der Waals surface area contributed by atoms with E-state index in [-0.39, 0.29) is 22.8 Å². The summed E-state index contributed by atoms with van der Waals surface area (Å²) in [6.45, 7) is 3.26. The smallest absolute Gasteiger partial charge is 0.251 e. The molecule has 1 aliphatic carbocycles. The third kappa shape index (κ3) is 3.43. The van der Waals surface area contributed by atoms with Crippen molar-refractivity contribution in [3.05, 3.63) is 63.8 Å². The van der Waals surface area contributed by atoms with Crippen LogP contribution in [0.2, 0.25) is 0 Å². The Labute approximate surface area is 159 Å². The van der Waals surface area contributed by atoms with Gasteiger partial charge in [-0.25, -0.2) is 4.98 Å². The standard InChI is InChI=1S/C22H27N3O2/c1-16-23-19(14-20(26)24-16)17-8-7-13-25(15-17)21(27)22(11-5-6-12-22)18-9-3-2-4-10-18/h2-4,9-10,14,17H,5-8,11-13,15H2,1H3,(H,23,24,26)/t17-/m0/s1. The summed E-state index contributed by atoms with van der Waals surface area (Å²) in [5.74, 6) is 1.04.